The number of carbonyl (C=O) groups excluding carboxylic acids is 1. The van der Waals surface area contributed by atoms with Crippen LogP contribution in [0.25, 0.3) is 0 Å². The minimum Gasteiger partial charge on any atom is -0.478 e. The molecule has 0 aliphatic rings. The molecule has 0 aromatic carbocycles. The molecule has 0 saturated heterocycles. The molecular weight excluding hydrogens is 228 g/mol. The minimum atomic E-state index is -1.32. The van der Waals surface area contributed by atoms with E-state index >= 15 is 0 Å². The molecule has 0 radical (unpaired) electrons. The number of aliphatic carboxylic acids is 2. The van der Waals surface area contributed by atoms with E-state index in [0.717, 1.165) is 0 Å². The molecule has 0 unspecified atom stereocenters. The second-order valence-corrected chi connectivity index (χ2v) is 3.33. The summed E-state index contributed by atoms with van der Waals surface area (Å²) in [7, 11) is 0. The molecule has 0 atom stereocenters. The smallest absolute Gasteiger partial charge is 0.333 e. The first kappa shape index (κ1) is 14.9. The number of carbonyl (C=O) groups is 3. The second-order valence-electron chi connectivity index (χ2n) is 3.33. The van der Waals surface area contributed by atoms with Gasteiger partial charge in [0.1, 0.15) is 0 Å². The lowest BCUT2D eigenvalue weighted by Gasteiger charge is -2.04. The Morgan fingerprint density at radius 1 is 1.29 bits per heavy atom. The highest BCUT2D eigenvalue weighted by atomic mass is 16.5. The molecule has 6 heteroatoms. The summed E-state index contributed by atoms with van der Waals surface area (Å²) in [6, 6.07) is 0. The summed E-state index contributed by atoms with van der Waals surface area (Å²) in [5, 5.41) is 17.1. The molecule has 0 saturated carbocycles. The van der Waals surface area contributed by atoms with Crippen LogP contribution in [-0.4, -0.2) is 34.7 Å². The van der Waals surface area contributed by atoms with Crippen molar-refractivity contribution in [2.45, 2.75) is 19.8 Å². The zero-order valence-corrected chi connectivity index (χ0v) is 9.43. The van der Waals surface area contributed by atoms with E-state index in [2.05, 4.69) is 6.58 Å². The summed E-state index contributed by atoms with van der Waals surface area (Å²) in [5.74, 6) is -3.16. The Labute approximate surface area is 98.2 Å². The van der Waals surface area contributed by atoms with Gasteiger partial charge in [-0.25, -0.2) is 14.4 Å². The van der Waals surface area contributed by atoms with Gasteiger partial charge in [-0.3, -0.25) is 0 Å². The summed E-state index contributed by atoms with van der Waals surface area (Å²) >= 11 is 0. The van der Waals surface area contributed by atoms with Crippen LogP contribution in [-0.2, 0) is 19.1 Å². The van der Waals surface area contributed by atoms with E-state index in [1.807, 2.05) is 0 Å². The summed E-state index contributed by atoms with van der Waals surface area (Å²) in [6.07, 6.45) is 0.887. The van der Waals surface area contributed by atoms with Gasteiger partial charge in [-0.1, -0.05) is 6.58 Å². The molecule has 0 spiro atoms. The number of ether oxygens (including phenoxy) is 1. The normalized spacial score (nSPS) is 10.8. The highest BCUT2D eigenvalue weighted by Gasteiger charge is 2.10. The standard InChI is InChI=1S/C11H14O6/c1-7(2)11(16)17-5-3-4-8(10(14)15)6-9(12)13/h6H,1,3-5H2,2H3,(H,12,13)(H,14,15)/b8-6-. The van der Waals surface area contributed by atoms with Gasteiger partial charge >= 0.3 is 17.9 Å². The van der Waals surface area contributed by atoms with Crippen molar-refractivity contribution in [3.05, 3.63) is 23.8 Å². The Kier molecular flexibility index (Phi) is 6.32. The third-order valence-corrected chi connectivity index (χ3v) is 1.74. The summed E-state index contributed by atoms with van der Waals surface area (Å²) < 4.78 is 4.73. The summed E-state index contributed by atoms with van der Waals surface area (Å²) in [4.78, 5) is 31.9. The Hall–Kier alpha value is -2.11. The molecular formula is C11H14O6. The van der Waals surface area contributed by atoms with Gasteiger partial charge in [0.15, 0.2) is 0 Å². The van der Waals surface area contributed by atoms with Gasteiger partial charge in [-0.2, -0.15) is 0 Å². The number of carboxylic acid groups (broad SMARTS) is 2. The SMILES string of the molecule is C=C(C)C(=O)OCCC/C(=C/C(=O)O)C(=O)O. The van der Waals surface area contributed by atoms with E-state index in [4.69, 9.17) is 14.9 Å². The zero-order valence-electron chi connectivity index (χ0n) is 9.43. The summed E-state index contributed by atoms with van der Waals surface area (Å²) in [5.41, 5.74) is 0.0217. The van der Waals surface area contributed by atoms with Gasteiger partial charge in [-0.05, 0) is 19.8 Å². The van der Waals surface area contributed by atoms with Crippen molar-refractivity contribution in [3.8, 4) is 0 Å². The predicted molar refractivity (Wildman–Crippen MR) is 58.4 cm³/mol. The van der Waals surface area contributed by atoms with Crippen molar-refractivity contribution in [3.63, 3.8) is 0 Å². The lowest BCUT2D eigenvalue weighted by atomic mass is 10.1. The van der Waals surface area contributed by atoms with Crippen LogP contribution in [0.1, 0.15) is 19.8 Å². The van der Waals surface area contributed by atoms with Gasteiger partial charge in [0.05, 0.1) is 6.61 Å². The number of esters is 1. The average molecular weight is 242 g/mol. The fourth-order valence-corrected chi connectivity index (χ4v) is 0.941. The van der Waals surface area contributed by atoms with E-state index in [9.17, 15) is 14.4 Å². The lowest BCUT2D eigenvalue weighted by Crippen LogP contribution is -2.09. The maximum Gasteiger partial charge on any atom is 0.333 e. The van der Waals surface area contributed by atoms with Gasteiger partial charge in [0.2, 0.25) is 0 Å². The number of hydrogen-bond acceptors (Lipinski definition) is 4. The number of hydrogen-bond donors (Lipinski definition) is 2. The molecule has 2 N–H and O–H groups in total. The zero-order chi connectivity index (χ0) is 13.4. The van der Waals surface area contributed by atoms with Crippen LogP contribution in [0.4, 0.5) is 0 Å². The number of rotatable bonds is 7. The van der Waals surface area contributed by atoms with Crippen LogP contribution >= 0.6 is 0 Å². The Morgan fingerprint density at radius 2 is 1.88 bits per heavy atom. The van der Waals surface area contributed by atoms with Gasteiger partial charge in [-0.15, -0.1) is 0 Å². The van der Waals surface area contributed by atoms with Crippen LogP contribution in [0.15, 0.2) is 23.8 Å². The first-order valence-corrected chi connectivity index (χ1v) is 4.84. The maximum absolute atomic E-state index is 11.0. The van der Waals surface area contributed by atoms with Gasteiger partial charge < -0.3 is 14.9 Å². The molecule has 17 heavy (non-hydrogen) atoms. The predicted octanol–water partition coefficient (Wildman–Crippen LogP) is 0.982. The van der Waals surface area contributed by atoms with E-state index in [1.165, 1.54) is 6.92 Å². The van der Waals surface area contributed by atoms with Crippen LogP contribution in [0.3, 0.4) is 0 Å². The van der Waals surface area contributed by atoms with Crippen molar-refractivity contribution in [2.75, 3.05) is 6.61 Å². The van der Waals surface area contributed by atoms with Crippen molar-refractivity contribution in [1.29, 1.82) is 0 Å². The van der Waals surface area contributed by atoms with Crippen molar-refractivity contribution >= 4 is 17.9 Å². The van der Waals surface area contributed by atoms with Crippen LogP contribution in [0.2, 0.25) is 0 Å². The van der Waals surface area contributed by atoms with Crippen LogP contribution in [0.5, 0.6) is 0 Å². The minimum absolute atomic E-state index is 0.0190. The molecule has 0 aromatic rings. The lowest BCUT2D eigenvalue weighted by molar-refractivity contribution is -0.139. The quantitative estimate of drug-likeness (QED) is 0.392. The van der Waals surface area contributed by atoms with Crippen molar-refractivity contribution < 1.29 is 29.3 Å². The third kappa shape index (κ3) is 6.88. The second kappa shape index (κ2) is 7.21. The fourth-order valence-electron chi connectivity index (χ4n) is 0.941. The molecule has 0 aromatic heterocycles. The van der Waals surface area contributed by atoms with E-state index in [-0.39, 0.29) is 30.6 Å². The molecule has 0 rings (SSSR count). The third-order valence-electron chi connectivity index (χ3n) is 1.74. The van der Waals surface area contributed by atoms with Crippen molar-refractivity contribution in [2.24, 2.45) is 0 Å². The highest BCUT2D eigenvalue weighted by Crippen LogP contribution is 2.06. The highest BCUT2D eigenvalue weighted by molar-refractivity contribution is 5.94. The molecule has 0 bridgehead atoms. The van der Waals surface area contributed by atoms with Gasteiger partial charge in [0, 0.05) is 17.2 Å². The molecule has 94 valence electrons. The van der Waals surface area contributed by atoms with Crippen molar-refractivity contribution in [1.82, 2.24) is 0 Å². The van der Waals surface area contributed by atoms with Crippen LogP contribution < -0.4 is 0 Å². The Balaban J connectivity index is 4.09. The first-order valence-electron chi connectivity index (χ1n) is 4.84. The number of carboxylic acids is 2. The molecule has 6 nitrogen and oxygen atoms in total. The summed E-state index contributed by atoms with van der Waals surface area (Å²) in [6.45, 7) is 4.90. The fraction of sp³-hybridized carbons (Fsp3) is 0.364. The molecule has 0 heterocycles. The van der Waals surface area contributed by atoms with Crippen LogP contribution in [0, 0.1) is 0 Å². The Bertz CT molecular complexity index is 366. The largest absolute Gasteiger partial charge is 0.478 e. The molecule has 0 aliphatic carbocycles. The maximum atomic E-state index is 11.0. The first-order chi connectivity index (χ1) is 7.84. The Morgan fingerprint density at radius 3 is 2.29 bits per heavy atom. The average Bonchev–Trinajstić information content (AvgIpc) is 2.21. The molecule has 0 fully saturated rings. The topological polar surface area (TPSA) is 101 Å². The monoisotopic (exact) mass is 242 g/mol. The molecule has 0 aliphatic heterocycles. The van der Waals surface area contributed by atoms with E-state index in [1.54, 1.807) is 0 Å². The van der Waals surface area contributed by atoms with E-state index < -0.39 is 17.9 Å². The van der Waals surface area contributed by atoms with Gasteiger partial charge in [0.25, 0.3) is 0 Å². The van der Waals surface area contributed by atoms with E-state index in [0.29, 0.717) is 6.08 Å². The molecule has 0 amide bonds.